The quantitative estimate of drug-likeness (QED) is 0.640. The molecule has 1 saturated heterocycles. The molecule has 2 N–H and O–H groups in total. The highest BCUT2D eigenvalue weighted by molar-refractivity contribution is 4.89. The summed E-state index contributed by atoms with van der Waals surface area (Å²) >= 11 is 0. The first-order chi connectivity index (χ1) is 9.08. The second-order valence-electron chi connectivity index (χ2n) is 5.70. The fraction of sp³-hybridized carbons (Fsp3) is 1.00. The van der Waals surface area contributed by atoms with E-state index in [9.17, 15) is 5.11 Å². The van der Waals surface area contributed by atoms with Crippen LogP contribution in [-0.2, 0) is 9.47 Å². The first-order valence-corrected chi connectivity index (χ1v) is 7.22. The number of ether oxygens (including phenoxy) is 2. The Morgan fingerprint density at radius 3 is 2.26 bits per heavy atom. The number of aliphatic hydroxyl groups excluding tert-OH is 1. The maximum atomic E-state index is 9.55. The highest BCUT2D eigenvalue weighted by atomic mass is 16.5. The van der Waals surface area contributed by atoms with Gasteiger partial charge < -0.3 is 19.9 Å². The Kier molecular flexibility index (Phi) is 7.25. The molecule has 0 amide bonds. The first-order valence-electron chi connectivity index (χ1n) is 7.22. The Morgan fingerprint density at radius 2 is 1.84 bits per heavy atom. The summed E-state index contributed by atoms with van der Waals surface area (Å²) in [5.74, 6) is 0. The van der Waals surface area contributed by atoms with Crippen LogP contribution in [0.15, 0.2) is 0 Å². The van der Waals surface area contributed by atoms with Gasteiger partial charge in [0.05, 0.1) is 18.8 Å². The number of rotatable bonds is 9. The third-order valence-corrected chi connectivity index (χ3v) is 4.03. The zero-order chi connectivity index (χ0) is 14.3. The SMILES string of the molecule is CCCNC(C)(CO)CCN1CC(OC)C(OC)C1. The number of likely N-dealkylation sites (tertiary alicyclic amines) is 1. The molecule has 0 bridgehead atoms. The van der Waals surface area contributed by atoms with E-state index >= 15 is 0 Å². The zero-order valence-corrected chi connectivity index (χ0v) is 12.8. The lowest BCUT2D eigenvalue weighted by atomic mass is 9.98. The number of nitrogens with one attached hydrogen (secondary N) is 1. The zero-order valence-electron chi connectivity index (χ0n) is 12.8. The van der Waals surface area contributed by atoms with Gasteiger partial charge in [0.1, 0.15) is 0 Å². The molecule has 0 aliphatic carbocycles. The minimum absolute atomic E-state index is 0.161. The number of nitrogens with zero attached hydrogens (tertiary/aromatic N) is 1. The Morgan fingerprint density at radius 1 is 1.26 bits per heavy atom. The molecule has 5 nitrogen and oxygen atoms in total. The van der Waals surface area contributed by atoms with Crippen molar-refractivity contribution < 1.29 is 14.6 Å². The Bertz CT molecular complexity index is 241. The molecule has 1 rings (SSSR count). The van der Waals surface area contributed by atoms with Crippen molar-refractivity contribution in [1.82, 2.24) is 10.2 Å². The lowest BCUT2D eigenvalue weighted by molar-refractivity contribution is -0.00461. The van der Waals surface area contributed by atoms with Gasteiger partial charge in [0.15, 0.2) is 0 Å². The van der Waals surface area contributed by atoms with Gasteiger partial charge in [-0.3, -0.25) is 4.90 Å². The molecule has 5 heteroatoms. The third kappa shape index (κ3) is 5.00. The van der Waals surface area contributed by atoms with Gasteiger partial charge in [-0.2, -0.15) is 0 Å². The van der Waals surface area contributed by atoms with Crippen LogP contribution in [0.5, 0.6) is 0 Å². The molecule has 19 heavy (non-hydrogen) atoms. The summed E-state index contributed by atoms with van der Waals surface area (Å²) < 4.78 is 10.9. The van der Waals surface area contributed by atoms with Gasteiger partial charge >= 0.3 is 0 Å². The number of hydrogen-bond donors (Lipinski definition) is 2. The summed E-state index contributed by atoms with van der Waals surface area (Å²) in [6.45, 7) is 8.10. The van der Waals surface area contributed by atoms with Crippen molar-refractivity contribution in [2.24, 2.45) is 0 Å². The second kappa shape index (κ2) is 8.17. The lowest BCUT2D eigenvalue weighted by Crippen LogP contribution is -2.48. The highest BCUT2D eigenvalue weighted by Crippen LogP contribution is 2.18. The molecule has 0 saturated carbocycles. The largest absolute Gasteiger partial charge is 0.394 e. The van der Waals surface area contributed by atoms with Crippen molar-refractivity contribution in [3.63, 3.8) is 0 Å². The fourth-order valence-corrected chi connectivity index (χ4v) is 2.51. The minimum atomic E-state index is -0.191. The van der Waals surface area contributed by atoms with Crippen LogP contribution in [0.3, 0.4) is 0 Å². The Hall–Kier alpha value is -0.200. The van der Waals surface area contributed by atoms with E-state index in [1.165, 1.54) is 0 Å². The molecule has 3 unspecified atom stereocenters. The van der Waals surface area contributed by atoms with Crippen molar-refractivity contribution in [3.8, 4) is 0 Å². The predicted molar refractivity (Wildman–Crippen MR) is 76.4 cm³/mol. The van der Waals surface area contributed by atoms with Gasteiger partial charge in [-0.25, -0.2) is 0 Å². The molecule has 114 valence electrons. The van der Waals surface area contributed by atoms with Crippen LogP contribution in [0.4, 0.5) is 0 Å². The minimum Gasteiger partial charge on any atom is -0.394 e. The van der Waals surface area contributed by atoms with E-state index in [1.807, 2.05) is 0 Å². The van der Waals surface area contributed by atoms with Gasteiger partial charge in [0.2, 0.25) is 0 Å². The molecule has 0 aromatic rings. The van der Waals surface area contributed by atoms with Crippen LogP contribution in [0, 0.1) is 0 Å². The molecule has 0 aromatic carbocycles. The summed E-state index contributed by atoms with van der Waals surface area (Å²) in [4.78, 5) is 2.35. The molecule has 1 aliphatic rings. The van der Waals surface area contributed by atoms with E-state index in [0.29, 0.717) is 0 Å². The summed E-state index contributed by atoms with van der Waals surface area (Å²) in [5, 5.41) is 13.0. The van der Waals surface area contributed by atoms with Crippen LogP contribution in [0.25, 0.3) is 0 Å². The van der Waals surface area contributed by atoms with Crippen LogP contribution < -0.4 is 5.32 Å². The maximum Gasteiger partial charge on any atom is 0.0971 e. The van der Waals surface area contributed by atoms with E-state index in [2.05, 4.69) is 24.1 Å². The van der Waals surface area contributed by atoms with Gasteiger partial charge in [-0.1, -0.05) is 6.92 Å². The normalized spacial score (nSPS) is 27.6. The molecule has 1 fully saturated rings. The highest BCUT2D eigenvalue weighted by Gasteiger charge is 2.34. The van der Waals surface area contributed by atoms with Crippen molar-refractivity contribution >= 4 is 0 Å². The van der Waals surface area contributed by atoms with E-state index < -0.39 is 0 Å². The molecule has 1 aliphatic heterocycles. The third-order valence-electron chi connectivity index (χ3n) is 4.03. The summed E-state index contributed by atoms with van der Waals surface area (Å²) in [5.41, 5.74) is -0.191. The van der Waals surface area contributed by atoms with Gasteiger partial charge in [0, 0.05) is 39.4 Å². The molecule has 0 aromatic heterocycles. The van der Waals surface area contributed by atoms with Crippen LogP contribution in [0.1, 0.15) is 26.7 Å². The first kappa shape index (κ1) is 16.9. The molecule has 3 atom stereocenters. The fourth-order valence-electron chi connectivity index (χ4n) is 2.51. The summed E-state index contributed by atoms with van der Waals surface area (Å²) in [7, 11) is 3.47. The van der Waals surface area contributed by atoms with E-state index in [4.69, 9.17) is 9.47 Å². The van der Waals surface area contributed by atoms with Crippen LogP contribution >= 0.6 is 0 Å². The summed E-state index contributed by atoms with van der Waals surface area (Å²) in [6.07, 6.45) is 2.33. The number of aliphatic hydroxyl groups is 1. The topological polar surface area (TPSA) is 54.0 Å². The molecule has 0 radical (unpaired) electrons. The van der Waals surface area contributed by atoms with E-state index in [0.717, 1.165) is 39.0 Å². The van der Waals surface area contributed by atoms with Gasteiger partial charge in [0.25, 0.3) is 0 Å². The van der Waals surface area contributed by atoms with Crippen molar-refractivity contribution in [2.75, 3.05) is 47.0 Å². The average molecular weight is 274 g/mol. The van der Waals surface area contributed by atoms with Gasteiger partial charge in [-0.15, -0.1) is 0 Å². The Labute approximate surface area is 117 Å². The summed E-state index contributed by atoms with van der Waals surface area (Å²) in [6, 6.07) is 0. The average Bonchev–Trinajstić information content (AvgIpc) is 2.85. The standard InChI is InChI=1S/C14H30N2O3/c1-5-7-15-14(2,11-17)6-8-16-9-12(18-3)13(10-16)19-4/h12-13,15,17H,5-11H2,1-4H3. The molecular weight excluding hydrogens is 244 g/mol. The van der Waals surface area contributed by atoms with Crippen LogP contribution in [-0.4, -0.2) is 74.8 Å². The maximum absolute atomic E-state index is 9.55. The second-order valence-corrected chi connectivity index (χ2v) is 5.70. The van der Waals surface area contributed by atoms with Crippen molar-refractivity contribution in [3.05, 3.63) is 0 Å². The molecule has 1 heterocycles. The predicted octanol–water partition coefficient (Wildman–Crippen LogP) is 0.473. The monoisotopic (exact) mass is 274 g/mol. The number of methoxy groups -OCH3 is 2. The van der Waals surface area contributed by atoms with Crippen molar-refractivity contribution in [2.45, 2.75) is 44.4 Å². The molecule has 0 spiro atoms. The van der Waals surface area contributed by atoms with Gasteiger partial charge in [-0.05, 0) is 26.3 Å². The molecular formula is C14H30N2O3. The van der Waals surface area contributed by atoms with E-state index in [-0.39, 0.29) is 24.4 Å². The van der Waals surface area contributed by atoms with Crippen LogP contribution in [0.2, 0.25) is 0 Å². The lowest BCUT2D eigenvalue weighted by Gasteiger charge is -2.30. The van der Waals surface area contributed by atoms with E-state index in [1.54, 1.807) is 14.2 Å². The van der Waals surface area contributed by atoms with Crippen molar-refractivity contribution in [1.29, 1.82) is 0 Å². The smallest absolute Gasteiger partial charge is 0.0971 e. The number of hydrogen-bond acceptors (Lipinski definition) is 5. The Balaban J connectivity index is 2.39.